The third-order valence-corrected chi connectivity index (χ3v) is 3.88. The van der Waals surface area contributed by atoms with E-state index >= 15 is 0 Å². The Morgan fingerprint density at radius 2 is 1.11 bits per heavy atom. The summed E-state index contributed by atoms with van der Waals surface area (Å²) in [4.78, 5) is 0. The highest BCUT2D eigenvalue weighted by atomic mass is 14.0. The second-order valence-electron chi connectivity index (χ2n) is 6.61. The molecule has 19 heavy (non-hydrogen) atoms. The lowest BCUT2D eigenvalue weighted by atomic mass is 10.0. The van der Waals surface area contributed by atoms with Gasteiger partial charge in [0.1, 0.15) is 0 Å². The first-order chi connectivity index (χ1) is 9.08. The van der Waals surface area contributed by atoms with Gasteiger partial charge in [0.15, 0.2) is 0 Å². The van der Waals surface area contributed by atoms with Crippen LogP contribution in [0.3, 0.4) is 0 Å². The maximum Gasteiger partial charge on any atom is -0.0445 e. The van der Waals surface area contributed by atoms with Crippen LogP contribution in [-0.2, 0) is 0 Å². The molecule has 0 aromatic heterocycles. The van der Waals surface area contributed by atoms with Crippen LogP contribution >= 0.6 is 0 Å². The zero-order valence-corrected chi connectivity index (χ0v) is 14.9. The smallest absolute Gasteiger partial charge is 0.0445 e. The summed E-state index contributed by atoms with van der Waals surface area (Å²) in [5.41, 5.74) is 0. The number of hydrogen-bond acceptors (Lipinski definition) is 0. The zero-order chi connectivity index (χ0) is 14.9. The summed E-state index contributed by atoms with van der Waals surface area (Å²) in [6.45, 7) is 13.7. The Hall–Kier alpha value is 0. The average Bonchev–Trinajstić information content (AvgIpc) is 2.40. The third-order valence-electron chi connectivity index (χ3n) is 3.88. The Balaban J connectivity index is 0. The first-order valence-corrected chi connectivity index (χ1v) is 9.08. The van der Waals surface area contributed by atoms with E-state index in [1.807, 2.05) is 0 Å². The van der Waals surface area contributed by atoms with Gasteiger partial charge in [0.25, 0.3) is 0 Å². The van der Waals surface area contributed by atoms with Crippen molar-refractivity contribution in [3.05, 3.63) is 0 Å². The molecule has 0 spiro atoms. The van der Waals surface area contributed by atoms with E-state index in [1.165, 1.54) is 70.6 Å². The average molecular weight is 271 g/mol. The van der Waals surface area contributed by atoms with Gasteiger partial charge in [-0.3, -0.25) is 0 Å². The molecule has 0 bridgehead atoms. The van der Waals surface area contributed by atoms with Gasteiger partial charge < -0.3 is 0 Å². The molecule has 0 aliphatic rings. The van der Waals surface area contributed by atoms with E-state index in [4.69, 9.17) is 0 Å². The summed E-state index contributed by atoms with van der Waals surface area (Å²) < 4.78 is 0. The van der Waals surface area contributed by atoms with Gasteiger partial charge in [0, 0.05) is 0 Å². The molecule has 0 radical (unpaired) electrons. The lowest BCUT2D eigenvalue weighted by molar-refractivity contribution is 0.492. The molecule has 0 aromatic rings. The molecule has 0 heteroatoms. The van der Waals surface area contributed by atoms with Gasteiger partial charge in [-0.25, -0.2) is 0 Å². The summed E-state index contributed by atoms with van der Waals surface area (Å²) in [6, 6.07) is 0. The summed E-state index contributed by atoms with van der Waals surface area (Å²) in [6.07, 6.45) is 15.6. The quantitative estimate of drug-likeness (QED) is 0.339. The molecule has 0 aliphatic carbocycles. The van der Waals surface area contributed by atoms with Crippen molar-refractivity contribution in [3.8, 4) is 0 Å². The second kappa shape index (κ2) is 18.0. The van der Waals surface area contributed by atoms with Gasteiger partial charge in [0.2, 0.25) is 0 Å². The van der Waals surface area contributed by atoms with Crippen molar-refractivity contribution in [3.63, 3.8) is 0 Å². The minimum Gasteiger partial charge on any atom is -0.0654 e. The van der Waals surface area contributed by atoms with Crippen molar-refractivity contribution < 1.29 is 0 Å². The molecule has 0 fully saturated rings. The SMILES string of the molecule is CCCCC(C)CC.CCCCCCCCC(C)C. The standard InChI is InChI=1S/C11H24.C8H18/c1-4-5-6-7-8-9-10-11(2)3;1-4-6-7-8(3)5-2/h11H,4-10H2,1-3H3;8H,4-7H2,1-3H3. The monoisotopic (exact) mass is 270 g/mol. The van der Waals surface area contributed by atoms with Crippen LogP contribution in [0.4, 0.5) is 0 Å². The van der Waals surface area contributed by atoms with Crippen molar-refractivity contribution >= 4 is 0 Å². The first-order valence-electron chi connectivity index (χ1n) is 9.08. The van der Waals surface area contributed by atoms with E-state index in [0.717, 1.165) is 11.8 Å². The number of unbranched alkanes of at least 4 members (excludes halogenated alkanes) is 6. The highest BCUT2D eigenvalue weighted by Gasteiger charge is 1.95. The maximum absolute atomic E-state index is 2.33. The third kappa shape index (κ3) is 23.5. The van der Waals surface area contributed by atoms with Crippen LogP contribution in [0, 0.1) is 11.8 Å². The lowest BCUT2D eigenvalue weighted by Crippen LogP contribution is -1.89. The van der Waals surface area contributed by atoms with E-state index in [2.05, 4.69) is 41.5 Å². The lowest BCUT2D eigenvalue weighted by Gasteiger charge is -2.04. The molecule has 0 saturated heterocycles. The first kappa shape index (κ1) is 21.3. The molecule has 0 saturated carbocycles. The Labute approximate surface area is 124 Å². The fraction of sp³-hybridized carbons (Fsp3) is 1.00. The number of rotatable bonds is 11. The Morgan fingerprint density at radius 3 is 1.58 bits per heavy atom. The topological polar surface area (TPSA) is 0 Å². The fourth-order valence-corrected chi connectivity index (χ4v) is 2.09. The predicted octanol–water partition coefficient (Wildman–Crippen LogP) is 7.62. The van der Waals surface area contributed by atoms with E-state index in [9.17, 15) is 0 Å². The number of hydrogen-bond donors (Lipinski definition) is 0. The summed E-state index contributed by atoms with van der Waals surface area (Å²) in [5.74, 6) is 1.86. The molecule has 0 aliphatic heterocycles. The largest absolute Gasteiger partial charge is 0.0654 e. The van der Waals surface area contributed by atoms with Gasteiger partial charge in [-0.05, 0) is 11.8 Å². The van der Waals surface area contributed by atoms with Crippen LogP contribution < -0.4 is 0 Å². The van der Waals surface area contributed by atoms with Crippen molar-refractivity contribution in [1.29, 1.82) is 0 Å². The molecule has 0 N–H and O–H groups in total. The molecule has 118 valence electrons. The van der Waals surface area contributed by atoms with Gasteiger partial charge in [-0.15, -0.1) is 0 Å². The predicted molar refractivity (Wildman–Crippen MR) is 91.8 cm³/mol. The van der Waals surface area contributed by atoms with Gasteiger partial charge in [0.05, 0.1) is 0 Å². The van der Waals surface area contributed by atoms with Crippen molar-refractivity contribution in [2.45, 2.75) is 112 Å². The van der Waals surface area contributed by atoms with Crippen LogP contribution in [0.1, 0.15) is 112 Å². The Bertz CT molecular complexity index is 137. The highest BCUT2D eigenvalue weighted by molar-refractivity contribution is 4.48. The van der Waals surface area contributed by atoms with E-state index < -0.39 is 0 Å². The van der Waals surface area contributed by atoms with Crippen molar-refractivity contribution in [2.75, 3.05) is 0 Å². The molecule has 1 unspecified atom stereocenters. The van der Waals surface area contributed by atoms with Gasteiger partial charge >= 0.3 is 0 Å². The van der Waals surface area contributed by atoms with E-state index in [1.54, 1.807) is 0 Å². The summed E-state index contributed by atoms with van der Waals surface area (Å²) in [7, 11) is 0. The summed E-state index contributed by atoms with van der Waals surface area (Å²) >= 11 is 0. The molecule has 0 amide bonds. The van der Waals surface area contributed by atoms with E-state index in [-0.39, 0.29) is 0 Å². The minimum atomic E-state index is 0.904. The normalized spacial score (nSPS) is 12.2. The van der Waals surface area contributed by atoms with Gasteiger partial charge in [-0.2, -0.15) is 0 Å². The van der Waals surface area contributed by atoms with E-state index in [0.29, 0.717) is 0 Å². The van der Waals surface area contributed by atoms with Crippen molar-refractivity contribution in [1.82, 2.24) is 0 Å². The van der Waals surface area contributed by atoms with Crippen LogP contribution in [-0.4, -0.2) is 0 Å². The van der Waals surface area contributed by atoms with Gasteiger partial charge in [-0.1, -0.05) is 112 Å². The molecule has 0 aromatic carbocycles. The molecular weight excluding hydrogens is 228 g/mol. The Morgan fingerprint density at radius 1 is 0.579 bits per heavy atom. The van der Waals surface area contributed by atoms with Crippen molar-refractivity contribution in [2.24, 2.45) is 11.8 Å². The molecule has 0 rings (SSSR count). The molecule has 1 atom stereocenters. The Kier molecular flexibility index (Phi) is 20.2. The molecule has 0 nitrogen and oxygen atoms in total. The summed E-state index contributed by atoms with van der Waals surface area (Å²) in [5, 5.41) is 0. The molecule has 0 heterocycles. The van der Waals surface area contributed by atoms with Crippen LogP contribution in [0.5, 0.6) is 0 Å². The highest BCUT2D eigenvalue weighted by Crippen LogP contribution is 2.11. The molecular formula is C19H42. The minimum absolute atomic E-state index is 0.904. The zero-order valence-electron chi connectivity index (χ0n) is 14.9. The fourth-order valence-electron chi connectivity index (χ4n) is 2.09. The second-order valence-corrected chi connectivity index (χ2v) is 6.61. The van der Waals surface area contributed by atoms with Crippen LogP contribution in [0.15, 0.2) is 0 Å². The maximum atomic E-state index is 2.33. The van der Waals surface area contributed by atoms with Crippen LogP contribution in [0.25, 0.3) is 0 Å². The van der Waals surface area contributed by atoms with Crippen LogP contribution in [0.2, 0.25) is 0 Å².